The molecule has 3 heteroatoms. The monoisotopic (exact) mass is 258 g/mol. The molecule has 102 valence electrons. The van der Waals surface area contributed by atoms with Gasteiger partial charge in [0, 0.05) is 18.8 Å². The Kier molecular flexibility index (Phi) is 4.27. The molecule has 2 aromatic rings. The molecule has 1 atom stereocenters. The molecular formula is C16H22N2O. The smallest absolute Gasteiger partial charge is 0.127 e. The number of nitrogens with zero attached hydrogens (tertiary/aromatic N) is 1. The molecule has 1 unspecified atom stereocenters. The van der Waals surface area contributed by atoms with Crippen LogP contribution in [0.5, 0.6) is 0 Å². The highest BCUT2D eigenvalue weighted by Crippen LogP contribution is 2.28. The third-order valence-electron chi connectivity index (χ3n) is 3.36. The van der Waals surface area contributed by atoms with Crippen LogP contribution in [0.1, 0.15) is 30.0 Å². The minimum atomic E-state index is 0.0838. The van der Waals surface area contributed by atoms with Crippen LogP contribution < -0.4 is 10.6 Å². The number of benzene rings is 1. The van der Waals surface area contributed by atoms with Crippen molar-refractivity contribution in [2.24, 2.45) is 5.73 Å². The van der Waals surface area contributed by atoms with E-state index < -0.39 is 0 Å². The molecule has 0 aliphatic carbocycles. The Bertz CT molecular complexity index is 533. The van der Waals surface area contributed by atoms with Crippen molar-refractivity contribution in [1.82, 2.24) is 0 Å². The summed E-state index contributed by atoms with van der Waals surface area (Å²) in [5.74, 6) is 1.86. The number of anilines is 1. The zero-order chi connectivity index (χ0) is 13.8. The van der Waals surface area contributed by atoms with Crippen LogP contribution in [0.4, 0.5) is 5.69 Å². The maximum Gasteiger partial charge on any atom is 0.127 e. The average molecular weight is 258 g/mol. The van der Waals surface area contributed by atoms with Gasteiger partial charge in [-0.1, -0.05) is 12.1 Å². The van der Waals surface area contributed by atoms with Crippen LogP contribution in [0.2, 0.25) is 0 Å². The minimum Gasteiger partial charge on any atom is -0.464 e. The van der Waals surface area contributed by atoms with Crippen molar-refractivity contribution in [2.45, 2.75) is 26.8 Å². The third-order valence-corrected chi connectivity index (χ3v) is 3.36. The van der Waals surface area contributed by atoms with Crippen LogP contribution in [-0.4, -0.2) is 13.1 Å². The second-order valence-electron chi connectivity index (χ2n) is 4.82. The molecule has 1 aromatic carbocycles. The molecule has 0 amide bonds. The molecule has 3 nitrogen and oxygen atoms in total. The van der Waals surface area contributed by atoms with Crippen molar-refractivity contribution in [1.29, 1.82) is 0 Å². The summed E-state index contributed by atoms with van der Waals surface area (Å²) >= 11 is 0. The van der Waals surface area contributed by atoms with Gasteiger partial charge < -0.3 is 15.1 Å². The van der Waals surface area contributed by atoms with Gasteiger partial charge in [-0.15, -0.1) is 0 Å². The van der Waals surface area contributed by atoms with Gasteiger partial charge in [0.05, 0.1) is 6.04 Å². The molecular weight excluding hydrogens is 236 g/mol. The molecule has 0 fully saturated rings. The fourth-order valence-corrected chi connectivity index (χ4v) is 2.42. The fourth-order valence-electron chi connectivity index (χ4n) is 2.42. The minimum absolute atomic E-state index is 0.0838. The van der Waals surface area contributed by atoms with E-state index in [2.05, 4.69) is 43.0 Å². The van der Waals surface area contributed by atoms with E-state index in [0.717, 1.165) is 18.1 Å². The predicted octanol–water partition coefficient (Wildman–Crippen LogP) is 3.42. The summed E-state index contributed by atoms with van der Waals surface area (Å²) in [6, 6.07) is 12.6. The Balaban J connectivity index is 2.33. The molecule has 2 rings (SSSR count). The molecule has 0 saturated carbocycles. The Morgan fingerprint density at radius 1 is 1.21 bits per heavy atom. The average Bonchev–Trinajstić information content (AvgIpc) is 2.82. The number of nitrogens with two attached hydrogens (primary N) is 1. The topological polar surface area (TPSA) is 42.4 Å². The van der Waals surface area contributed by atoms with Crippen molar-refractivity contribution in [2.75, 3.05) is 18.0 Å². The quantitative estimate of drug-likeness (QED) is 0.893. The lowest BCUT2D eigenvalue weighted by atomic mass is 10.1. The van der Waals surface area contributed by atoms with Crippen LogP contribution in [0.3, 0.4) is 0 Å². The van der Waals surface area contributed by atoms with Crippen molar-refractivity contribution in [3.8, 4) is 0 Å². The lowest BCUT2D eigenvalue weighted by Gasteiger charge is -2.31. The van der Waals surface area contributed by atoms with Crippen LogP contribution in [0, 0.1) is 13.8 Å². The molecule has 0 aliphatic heterocycles. The fraction of sp³-hybridized carbons (Fsp3) is 0.375. The third kappa shape index (κ3) is 2.99. The van der Waals surface area contributed by atoms with E-state index in [1.165, 1.54) is 11.3 Å². The second-order valence-corrected chi connectivity index (χ2v) is 4.82. The van der Waals surface area contributed by atoms with Gasteiger partial charge in [-0.2, -0.15) is 0 Å². The van der Waals surface area contributed by atoms with Crippen LogP contribution in [0.25, 0.3) is 0 Å². The molecule has 19 heavy (non-hydrogen) atoms. The Hall–Kier alpha value is -1.74. The molecule has 0 bridgehead atoms. The highest BCUT2D eigenvalue weighted by molar-refractivity contribution is 5.50. The second kappa shape index (κ2) is 5.93. The summed E-state index contributed by atoms with van der Waals surface area (Å²) in [6.45, 7) is 7.63. The molecule has 0 radical (unpaired) electrons. The van der Waals surface area contributed by atoms with Gasteiger partial charge in [-0.05, 0) is 50.6 Å². The number of hydrogen-bond acceptors (Lipinski definition) is 3. The highest BCUT2D eigenvalue weighted by atomic mass is 16.3. The van der Waals surface area contributed by atoms with Crippen LogP contribution >= 0.6 is 0 Å². The van der Waals surface area contributed by atoms with E-state index in [9.17, 15) is 0 Å². The van der Waals surface area contributed by atoms with E-state index >= 15 is 0 Å². The van der Waals surface area contributed by atoms with E-state index in [1.54, 1.807) is 0 Å². The summed E-state index contributed by atoms with van der Waals surface area (Å²) in [4.78, 5) is 2.28. The van der Waals surface area contributed by atoms with Gasteiger partial charge in [0.1, 0.15) is 11.5 Å². The summed E-state index contributed by atoms with van der Waals surface area (Å²) in [7, 11) is 0. The first-order chi connectivity index (χ1) is 9.15. The SMILES string of the molecule is CCN(c1cccc(C)c1)C(CN)c1ccc(C)o1. The Morgan fingerprint density at radius 2 is 2.00 bits per heavy atom. The zero-order valence-corrected chi connectivity index (χ0v) is 11.9. The lowest BCUT2D eigenvalue weighted by Crippen LogP contribution is -2.33. The first-order valence-corrected chi connectivity index (χ1v) is 6.75. The van der Waals surface area contributed by atoms with Crippen LogP contribution in [0.15, 0.2) is 40.8 Å². The Labute approximate surface area is 115 Å². The van der Waals surface area contributed by atoms with Crippen molar-refractivity contribution in [3.63, 3.8) is 0 Å². The van der Waals surface area contributed by atoms with Crippen LogP contribution in [-0.2, 0) is 0 Å². The maximum absolute atomic E-state index is 5.96. The van der Waals surface area contributed by atoms with Crippen molar-refractivity contribution >= 4 is 5.69 Å². The standard InChI is InChI=1S/C16H22N2O/c1-4-18(14-7-5-6-12(2)10-14)15(11-17)16-9-8-13(3)19-16/h5-10,15H,4,11,17H2,1-3H3. The molecule has 0 spiro atoms. The molecule has 1 aromatic heterocycles. The number of aryl methyl sites for hydroxylation is 2. The molecule has 2 N–H and O–H groups in total. The van der Waals surface area contributed by atoms with E-state index in [-0.39, 0.29) is 6.04 Å². The van der Waals surface area contributed by atoms with E-state index in [1.807, 2.05) is 19.1 Å². The number of hydrogen-bond donors (Lipinski definition) is 1. The van der Waals surface area contributed by atoms with Gasteiger partial charge in [0.2, 0.25) is 0 Å². The molecule has 0 aliphatic rings. The first kappa shape index (κ1) is 13.7. The van der Waals surface area contributed by atoms with Gasteiger partial charge in [-0.3, -0.25) is 0 Å². The predicted molar refractivity (Wildman–Crippen MR) is 79.4 cm³/mol. The van der Waals surface area contributed by atoms with Gasteiger partial charge in [-0.25, -0.2) is 0 Å². The van der Waals surface area contributed by atoms with Crippen molar-refractivity contribution in [3.05, 3.63) is 53.5 Å². The zero-order valence-electron chi connectivity index (χ0n) is 11.9. The summed E-state index contributed by atoms with van der Waals surface area (Å²) in [5.41, 5.74) is 8.40. The summed E-state index contributed by atoms with van der Waals surface area (Å²) in [5, 5.41) is 0. The van der Waals surface area contributed by atoms with E-state index in [0.29, 0.717) is 6.54 Å². The highest BCUT2D eigenvalue weighted by Gasteiger charge is 2.21. The Morgan fingerprint density at radius 3 is 2.53 bits per heavy atom. The maximum atomic E-state index is 5.96. The van der Waals surface area contributed by atoms with Gasteiger partial charge >= 0.3 is 0 Å². The number of rotatable bonds is 5. The number of likely N-dealkylation sites (N-methyl/N-ethyl adjacent to an activating group) is 1. The van der Waals surface area contributed by atoms with Gasteiger partial charge in [0.15, 0.2) is 0 Å². The van der Waals surface area contributed by atoms with E-state index in [4.69, 9.17) is 10.2 Å². The van der Waals surface area contributed by atoms with Crippen molar-refractivity contribution < 1.29 is 4.42 Å². The number of furan rings is 1. The largest absolute Gasteiger partial charge is 0.464 e. The summed E-state index contributed by atoms with van der Waals surface area (Å²) < 4.78 is 5.75. The molecule has 1 heterocycles. The first-order valence-electron chi connectivity index (χ1n) is 6.75. The summed E-state index contributed by atoms with van der Waals surface area (Å²) in [6.07, 6.45) is 0. The molecule has 0 saturated heterocycles. The normalized spacial score (nSPS) is 12.4. The lowest BCUT2D eigenvalue weighted by molar-refractivity contribution is 0.435. The van der Waals surface area contributed by atoms with Gasteiger partial charge in [0.25, 0.3) is 0 Å².